The van der Waals surface area contributed by atoms with Crippen molar-refractivity contribution in [3.63, 3.8) is 0 Å². The van der Waals surface area contributed by atoms with Gasteiger partial charge in [0.1, 0.15) is 5.52 Å². The zero-order chi connectivity index (χ0) is 16.3. The molecule has 0 aliphatic carbocycles. The summed E-state index contributed by atoms with van der Waals surface area (Å²) in [5, 5.41) is 13.1. The lowest BCUT2D eigenvalue weighted by molar-refractivity contribution is 0.0429. The molecule has 1 atom stereocenters. The number of aliphatic hydroxyl groups is 1. The van der Waals surface area contributed by atoms with E-state index in [1.807, 2.05) is 7.05 Å². The van der Waals surface area contributed by atoms with Crippen LogP contribution in [0, 0.1) is 5.92 Å². The van der Waals surface area contributed by atoms with Gasteiger partial charge in [0.15, 0.2) is 5.65 Å². The molecule has 0 spiro atoms. The normalized spacial score (nSPS) is 14.3. The molecular weight excluding hydrogens is 280 g/mol. The van der Waals surface area contributed by atoms with Gasteiger partial charge in [0.25, 0.3) is 5.91 Å². The maximum absolute atomic E-state index is 12.2. The van der Waals surface area contributed by atoms with Crippen molar-refractivity contribution < 1.29 is 9.90 Å². The minimum atomic E-state index is -0.900. The maximum atomic E-state index is 12.2. The Kier molecular flexibility index (Phi) is 4.81. The van der Waals surface area contributed by atoms with Crippen LogP contribution in [0.4, 0.5) is 0 Å². The van der Waals surface area contributed by atoms with E-state index in [0.29, 0.717) is 23.4 Å². The number of pyridine rings is 1. The fourth-order valence-electron chi connectivity index (χ4n) is 2.20. The van der Waals surface area contributed by atoms with Gasteiger partial charge in [0.2, 0.25) is 0 Å². The number of aryl methyl sites for hydroxylation is 1. The lowest BCUT2D eigenvalue weighted by Gasteiger charge is -2.24. The highest BCUT2D eigenvalue weighted by atomic mass is 16.3. The van der Waals surface area contributed by atoms with Crippen molar-refractivity contribution in [3.8, 4) is 0 Å². The maximum Gasteiger partial charge on any atom is 0.253 e. The smallest absolute Gasteiger partial charge is 0.253 e. The highest BCUT2D eigenvalue weighted by Crippen LogP contribution is 2.16. The van der Waals surface area contributed by atoms with Crippen molar-refractivity contribution in [2.45, 2.75) is 39.2 Å². The monoisotopic (exact) mass is 304 g/mol. The van der Waals surface area contributed by atoms with Crippen LogP contribution in [-0.2, 0) is 7.05 Å². The van der Waals surface area contributed by atoms with Gasteiger partial charge in [-0.1, -0.05) is 13.8 Å². The summed E-state index contributed by atoms with van der Waals surface area (Å²) in [6.45, 7) is 6.19. The minimum absolute atomic E-state index is 0.221. The molecule has 0 radical (unpaired) electrons. The zero-order valence-electron chi connectivity index (χ0n) is 13.6. The number of hydrogen-bond acceptors (Lipinski definition) is 4. The molecule has 2 N–H and O–H groups in total. The Hall–Kier alpha value is -1.95. The van der Waals surface area contributed by atoms with E-state index < -0.39 is 5.60 Å². The average Bonchev–Trinajstić information content (AvgIpc) is 2.84. The van der Waals surface area contributed by atoms with E-state index in [2.05, 4.69) is 29.1 Å². The standard InChI is InChI=1S/C16H24N4O2/c1-11(2)5-6-16(3,22)9-18-15(21)12-7-13-14(17-8-12)20(4)10-19-13/h7-8,10-11,22H,5-6,9H2,1-4H3,(H,18,21). The molecule has 22 heavy (non-hydrogen) atoms. The number of carbonyl (C=O) groups excluding carboxylic acids is 1. The second-order valence-electron chi connectivity index (χ2n) is 6.53. The molecule has 1 unspecified atom stereocenters. The van der Waals surface area contributed by atoms with Crippen molar-refractivity contribution in [3.05, 3.63) is 24.2 Å². The van der Waals surface area contributed by atoms with Crippen LogP contribution < -0.4 is 5.32 Å². The summed E-state index contributed by atoms with van der Waals surface area (Å²) in [6.07, 6.45) is 4.77. The number of nitrogens with one attached hydrogen (secondary N) is 1. The van der Waals surface area contributed by atoms with E-state index in [1.165, 1.54) is 6.20 Å². The van der Waals surface area contributed by atoms with Gasteiger partial charge in [-0.25, -0.2) is 9.97 Å². The third-order valence-electron chi connectivity index (χ3n) is 3.70. The molecule has 0 saturated heterocycles. The number of carbonyl (C=O) groups is 1. The summed E-state index contributed by atoms with van der Waals surface area (Å²) in [5.74, 6) is 0.280. The molecule has 120 valence electrons. The van der Waals surface area contributed by atoms with E-state index in [9.17, 15) is 9.90 Å². The number of nitrogens with zero attached hydrogens (tertiary/aromatic N) is 3. The number of hydrogen-bond donors (Lipinski definition) is 2. The molecule has 2 rings (SSSR count). The number of imidazole rings is 1. The van der Waals surface area contributed by atoms with E-state index in [0.717, 1.165) is 12.1 Å². The predicted molar refractivity (Wildman–Crippen MR) is 85.5 cm³/mol. The van der Waals surface area contributed by atoms with Gasteiger partial charge >= 0.3 is 0 Å². The topological polar surface area (TPSA) is 80.0 Å². The molecule has 2 aromatic rings. The van der Waals surface area contributed by atoms with Crippen molar-refractivity contribution in [2.24, 2.45) is 13.0 Å². The van der Waals surface area contributed by atoms with Crippen LogP contribution in [0.25, 0.3) is 11.2 Å². The molecule has 0 aliphatic rings. The van der Waals surface area contributed by atoms with Gasteiger partial charge in [-0.3, -0.25) is 4.79 Å². The minimum Gasteiger partial charge on any atom is -0.388 e. The van der Waals surface area contributed by atoms with Crippen LogP contribution in [0.5, 0.6) is 0 Å². The van der Waals surface area contributed by atoms with E-state index in [1.54, 1.807) is 23.9 Å². The number of aromatic nitrogens is 3. The van der Waals surface area contributed by atoms with Crippen LogP contribution in [0.3, 0.4) is 0 Å². The summed E-state index contributed by atoms with van der Waals surface area (Å²) < 4.78 is 1.80. The van der Waals surface area contributed by atoms with Gasteiger partial charge in [0, 0.05) is 19.8 Å². The number of amides is 1. The second-order valence-corrected chi connectivity index (χ2v) is 6.53. The molecule has 0 aromatic carbocycles. The lowest BCUT2D eigenvalue weighted by Crippen LogP contribution is -2.40. The molecule has 6 heteroatoms. The van der Waals surface area contributed by atoms with Crippen molar-refractivity contribution in [1.82, 2.24) is 19.9 Å². The third kappa shape index (κ3) is 4.04. The highest BCUT2D eigenvalue weighted by molar-refractivity contribution is 5.96. The summed E-state index contributed by atoms with van der Waals surface area (Å²) in [5.41, 5.74) is 0.968. The fourth-order valence-corrected chi connectivity index (χ4v) is 2.20. The Balaban J connectivity index is 1.98. The summed E-state index contributed by atoms with van der Waals surface area (Å²) >= 11 is 0. The quantitative estimate of drug-likeness (QED) is 0.854. The lowest BCUT2D eigenvalue weighted by atomic mass is 9.95. The van der Waals surface area contributed by atoms with Crippen LogP contribution >= 0.6 is 0 Å². The van der Waals surface area contributed by atoms with E-state index in [-0.39, 0.29) is 12.5 Å². The number of rotatable bonds is 6. The van der Waals surface area contributed by atoms with Crippen LogP contribution in [0.2, 0.25) is 0 Å². The first-order valence-corrected chi connectivity index (χ1v) is 7.56. The first kappa shape index (κ1) is 16.4. The average molecular weight is 304 g/mol. The molecule has 2 aromatic heterocycles. The van der Waals surface area contributed by atoms with E-state index in [4.69, 9.17) is 0 Å². The Bertz CT molecular complexity index is 661. The number of fused-ring (bicyclic) bond motifs is 1. The van der Waals surface area contributed by atoms with Crippen LogP contribution in [0.1, 0.15) is 44.0 Å². The molecule has 2 heterocycles. The van der Waals surface area contributed by atoms with Gasteiger partial charge in [-0.15, -0.1) is 0 Å². The predicted octanol–water partition coefficient (Wildman–Crippen LogP) is 1.89. The third-order valence-corrected chi connectivity index (χ3v) is 3.70. The fraction of sp³-hybridized carbons (Fsp3) is 0.562. The molecule has 0 aliphatic heterocycles. The molecule has 0 saturated carbocycles. The molecule has 0 bridgehead atoms. The zero-order valence-corrected chi connectivity index (χ0v) is 13.6. The van der Waals surface area contributed by atoms with Gasteiger partial charge in [0.05, 0.1) is 17.5 Å². The first-order valence-electron chi connectivity index (χ1n) is 7.56. The summed E-state index contributed by atoms with van der Waals surface area (Å²) in [6, 6.07) is 1.71. The Labute approximate surface area is 130 Å². The highest BCUT2D eigenvalue weighted by Gasteiger charge is 2.22. The van der Waals surface area contributed by atoms with Crippen LogP contribution in [0.15, 0.2) is 18.6 Å². The second kappa shape index (κ2) is 6.44. The van der Waals surface area contributed by atoms with Crippen molar-refractivity contribution >= 4 is 17.1 Å². The van der Waals surface area contributed by atoms with Crippen molar-refractivity contribution in [1.29, 1.82) is 0 Å². The molecule has 6 nitrogen and oxygen atoms in total. The van der Waals surface area contributed by atoms with Crippen LogP contribution in [-0.4, -0.2) is 37.7 Å². The van der Waals surface area contributed by atoms with E-state index >= 15 is 0 Å². The molecule has 0 fully saturated rings. The van der Waals surface area contributed by atoms with Gasteiger partial charge < -0.3 is 15.0 Å². The first-order chi connectivity index (χ1) is 10.3. The van der Waals surface area contributed by atoms with Crippen molar-refractivity contribution in [2.75, 3.05) is 6.54 Å². The summed E-state index contributed by atoms with van der Waals surface area (Å²) in [7, 11) is 1.86. The Morgan fingerprint density at radius 1 is 1.45 bits per heavy atom. The molecular formula is C16H24N4O2. The SMILES string of the molecule is CC(C)CCC(C)(O)CNC(=O)c1cnc2c(c1)ncn2C. The Morgan fingerprint density at radius 2 is 2.18 bits per heavy atom. The Morgan fingerprint density at radius 3 is 2.86 bits per heavy atom. The molecule has 1 amide bonds. The van der Waals surface area contributed by atoms with Gasteiger partial charge in [-0.05, 0) is 31.7 Å². The summed E-state index contributed by atoms with van der Waals surface area (Å²) in [4.78, 5) is 20.6. The largest absolute Gasteiger partial charge is 0.388 e. The van der Waals surface area contributed by atoms with Gasteiger partial charge in [-0.2, -0.15) is 0 Å².